The molecule has 0 bridgehead atoms. The molecule has 18 heavy (non-hydrogen) atoms. The van der Waals surface area contributed by atoms with Crippen LogP contribution in [0.5, 0.6) is 0 Å². The predicted molar refractivity (Wildman–Crippen MR) is 68.6 cm³/mol. The smallest absolute Gasteiger partial charge is 0.258 e. The summed E-state index contributed by atoms with van der Waals surface area (Å²) in [6.45, 7) is 6.95. The Hall–Kier alpha value is -2.67. The van der Waals surface area contributed by atoms with Crippen molar-refractivity contribution in [1.29, 1.82) is 0 Å². The van der Waals surface area contributed by atoms with Crippen molar-refractivity contribution < 1.29 is 4.92 Å². The van der Waals surface area contributed by atoms with E-state index in [0.29, 0.717) is 17.7 Å². The van der Waals surface area contributed by atoms with Gasteiger partial charge in [-0.1, -0.05) is 48.0 Å². The van der Waals surface area contributed by atoms with E-state index in [1.807, 2.05) is 6.07 Å². The molecule has 0 unspecified atom stereocenters. The maximum Gasteiger partial charge on any atom is 0.272 e. The van der Waals surface area contributed by atoms with E-state index >= 15 is 0 Å². The summed E-state index contributed by atoms with van der Waals surface area (Å²) in [5.41, 5.74) is 2.22. The van der Waals surface area contributed by atoms with Crippen molar-refractivity contribution in [2.24, 2.45) is 0 Å². The first kappa shape index (κ1) is 11.8. The number of hydrogen-bond acceptors (Lipinski definition) is 2. The number of hydrogen-bond donors (Lipinski definition) is 0. The van der Waals surface area contributed by atoms with Crippen LogP contribution < -0.4 is 0 Å². The van der Waals surface area contributed by atoms with Crippen molar-refractivity contribution in [1.82, 2.24) is 0 Å². The summed E-state index contributed by atoms with van der Waals surface area (Å²) in [7, 11) is 0. The van der Waals surface area contributed by atoms with Crippen LogP contribution in [0.15, 0.2) is 48.5 Å². The summed E-state index contributed by atoms with van der Waals surface area (Å²) in [6, 6.07) is 13.8. The Kier molecular flexibility index (Phi) is 3.35. The molecule has 0 aliphatic heterocycles. The zero-order chi connectivity index (χ0) is 13.0. The van der Waals surface area contributed by atoms with E-state index in [1.54, 1.807) is 36.4 Å². The van der Waals surface area contributed by atoms with E-state index in [2.05, 4.69) is 4.85 Å². The minimum absolute atomic E-state index is 0.116. The second-order valence-electron chi connectivity index (χ2n) is 3.84. The second-order valence-corrected chi connectivity index (χ2v) is 3.84. The summed E-state index contributed by atoms with van der Waals surface area (Å²) < 4.78 is 0. The van der Waals surface area contributed by atoms with Gasteiger partial charge in [0.2, 0.25) is 0 Å². The fourth-order valence-corrected chi connectivity index (χ4v) is 1.79. The van der Waals surface area contributed by atoms with Gasteiger partial charge >= 0.3 is 0 Å². The number of nitrogens with zero attached hydrogens (tertiary/aromatic N) is 2. The molecule has 2 rings (SSSR count). The van der Waals surface area contributed by atoms with Gasteiger partial charge in [0.05, 0.1) is 11.5 Å². The Labute approximate surface area is 104 Å². The lowest BCUT2D eigenvalue weighted by molar-refractivity contribution is -0.385. The molecule has 0 spiro atoms. The van der Waals surface area contributed by atoms with E-state index in [9.17, 15) is 10.1 Å². The third-order valence-corrected chi connectivity index (χ3v) is 2.62. The number of rotatable bonds is 3. The molecule has 0 saturated heterocycles. The molecular formula is C14H10N2O2. The molecule has 2 aromatic rings. The Morgan fingerprint density at radius 2 is 1.94 bits per heavy atom. The van der Waals surface area contributed by atoms with Crippen molar-refractivity contribution >= 4 is 11.4 Å². The number of nitro groups is 1. The van der Waals surface area contributed by atoms with Gasteiger partial charge in [0.1, 0.15) is 0 Å². The Morgan fingerprint density at radius 3 is 2.67 bits per heavy atom. The SMILES string of the molecule is [C-]#[N+]c1cccc(Cc2ccccc2[N+](=O)[O-])c1. The lowest BCUT2D eigenvalue weighted by Gasteiger charge is -2.03. The highest BCUT2D eigenvalue weighted by Gasteiger charge is 2.12. The minimum Gasteiger partial charge on any atom is -0.258 e. The van der Waals surface area contributed by atoms with Crippen molar-refractivity contribution in [3.8, 4) is 0 Å². The van der Waals surface area contributed by atoms with Gasteiger partial charge in [-0.25, -0.2) is 4.85 Å². The molecule has 4 nitrogen and oxygen atoms in total. The van der Waals surface area contributed by atoms with Crippen LogP contribution in [0.3, 0.4) is 0 Å². The van der Waals surface area contributed by atoms with Crippen LogP contribution in [0.2, 0.25) is 0 Å². The third kappa shape index (κ3) is 2.53. The number of nitro benzene ring substituents is 1. The fourth-order valence-electron chi connectivity index (χ4n) is 1.79. The van der Waals surface area contributed by atoms with Gasteiger partial charge in [0.15, 0.2) is 5.69 Å². The van der Waals surface area contributed by atoms with Crippen LogP contribution in [0.4, 0.5) is 11.4 Å². The molecule has 0 radical (unpaired) electrons. The average Bonchev–Trinajstić information content (AvgIpc) is 2.39. The maximum absolute atomic E-state index is 10.9. The van der Waals surface area contributed by atoms with E-state index in [1.165, 1.54) is 6.07 Å². The van der Waals surface area contributed by atoms with E-state index in [0.717, 1.165) is 5.56 Å². The first-order valence-electron chi connectivity index (χ1n) is 5.39. The highest BCUT2D eigenvalue weighted by molar-refractivity contribution is 5.49. The monoisotopic (exact) mass is 238 g/mol. The Balaban J connectivity index is 2.34. The van der Waals surface area contributed by atoms with Crippen LogP contribution in [0.25, 0.3) is 4.85 Å². The quantitative estimate of drug-likeness (QED) is 0.464. The fraction of sp³-hybridized carbons (Fsp3) is 0.0714. The highest BCUT2D eigenvalue weighted by atomic mass is 16.6. The molecule has 0 fully saturated rings. The molecule has 0 amide bonds. The number of para-hydroxylation sites is 1. The Morgan fingerprint density at radius 1 is 1.17 bits per heavy atom. The van der Waals surface area contributed by atoms with E-state index in [-0.39, 0.29) is 10.6 Å². The van der Waals surface area contributed by atoms with Gasteiger partial charge in [0, 0.05) is 18.1 Å². The van der Waals surface area contributed by atoms with Gasteiger partial charge in [-0.05, 0) is 0 Å². The zero-order valence-electron chi connectivity index (χ0n) is 9.54. The summed E-state index contributed by atoms with van der Waals surface area (Å²) in [5.74, 6) is 0. The number of benzene rings is 2. The standard InChI is InChI=1S/C14H10N2O2/c1-15-13-7-4-5-11(10-13)9-12-6-2-3-8-14(12)16(17)18/h2-8,10H,9H2. The van der Waals surface area contributed by atoms with Crippen molar-refractivity contribution in [3.05, 3.63) is 81.2 Å². The predicted octanol–water partition coefficient (Wildman–Crippen LogP) is 3.74. The molecule has 0 aliphatic carbocycles. The van der Waals surface area contributed by atoms with Gasteiger partial charge < -0.3 is 0 Å². The maximum atomic E-state index is 10.9. The second kappa shape index (κ2) is 5.11. The summed E-state index contributed by atoms with van der Waals surface area (Å²) >= 11 is 0. The third-order valence-electron chi connectivity index (χ3n) is 2.62. The molecule has 2 aromatic carbocycles. The molecule has 0 aliphatic rings. The Bertz CT molecular complexity index is 630. The molecule has 0 aromatic heterocycles. The molecule has 0 heterocycles. The van der Waals surface area contributed by atoms with Gasteiger partial charge in [0.25, 0.3) is 5.69 Å². The lowest BCUT2D eigenvalue weighted by Crippen LogP contribution is -1.96. The average molecular weight is 238 g/mol. The van der Waals surface area contributed by atoms with Crippen LogP contribution in [0, 0.1) is 16.7 Å². The molecular weight excluding hydrogens is 228 g/mol. The molecule has 88 valence electrons. The van der Waals surface area contributed by atoms with Crippen LogP contribution >= 0.6 is 0 Å². The van der Waals surface area contributed by atoms with Crippen molar-refractivity contribution in [3.63, 3.8) is 0 Å². The lowest BCUT2D eigenvalue weighted by atomic mass is 10.0. The molecule has 0 N–H and O–H groups in total. The van der Waals surface area contributed by atoms with Crippen molar-refractivity contribution in [2.45, 2.75) is 6.42 Å². The van der Waals surface area contributed by atoms with Gasteiger partial charge in [-0.3, -0.25) is 10.1 Å². The normalized spacial score (nSPS) is 9.72. The summed E-state index contributed by atoms with van der Waals surface area (Å²) in [5, 5.41) is 10.9. The van der Waals surface area contributed by atoms with E-state index < -0.39 is 0 Å². The molecule has 4 heteroatoms. The minimum atomic E-state index is -0.381. The van der Waals surface area contributed by atoms with Crippen molar-refractivity contribution in [2.75, 3.05) is 0 Å². The first-order chi connectivity index (χ1) is 8.70. The van der Waals surface area contributed by atoms with Gasteiger partial charge in [-0.15, -0.1) is 0 Å². The van der Waals surface area contributed by atoms with Crippen LogP contribution in [-0.4, -0.2) is 4.92 Å². The van der Waals surface area contributed by atoms with Gasteiger partial charge in [-0.2, -0.15) is 0 Å². The largest absolute Gasteiger partial charge is 0.272 e. The first-order valence-corrected chi connectivity index (χ1v) is 5.39. The summed E-state index contributed by atoms with van der Waals surface area (Å²) in [6.07, 6.45) is 0.459. The van der Waals surface area contributed by atoms with Crippen LogP contribution in [-0.2, 0) is 6.42 Å². The topological polar surface area (TPSA) is 47.5 Å². The highest BCUT2D eigenvalue weighted by Crippen LogP contribution is 2.23. The van der Waals surface area contributed by atoms with Crippen LogP contribution in [0.1, 0.15) is 11.1 Å². The van der Waals surface area contributed by atoms with E-state index in [4.69, 9.17) is 6.57 Å². The molecule has 0 saturated carbocycles. The summed E-state index contributed by atoms with van der Waals surface area (Å²) in [4.78, 5) is 13.9. The molecule has 0 atom stereocenters. The zero-order valence-corrected chi connectivity index (χ0v) is 9.54.